The van der Waals surface area contributed by atoms with Crippen molar-refractivity contribution in [2.75, 3.05) is 38.0 Å². The summed E-state index contributed by atoms with van der Waals surface area (Å²) in [5, 5.41) is 3.02. The Labute approximate surface area is 156 Å². The van der Waals surface area contributed by atoms with E-state index in [1.54, 1.807) is 0 Å². The number of anilines is 1. The average Bonchev–Trinajstić information content (AvgIpc) is 2.60. The molecule has 0 bridgehead atoms. The normalized spacial score (nSPS) is 15.8. The van der Waals surface area contributed by atoms with Crippen LogP contribution in [-0.4, -0.2) is 48.4 Å². The second-order valence-corrected chi connectivity index (χ2v) is 7.39. The van der Waals surface area contributed by atoms with Gasteiger partial charge in [-0.1, -0.05) is 35.9 Å². The van der Waals surface area contributed by atoms with Gasteiger partial charge in [0, 0.05) is 38.4 Å². The molecule has 1 fully saturated rings. The molecule has 0 unspecified atom stereocenters. The molecule has 0 aromatic heterocycles. The molecular formula is C22H29N3O. The smallest absolute Gasteiger partial charge is 0.238 e. The number of carbonyl (C=O) groups excluding carboxylic acids is 1. The van der Waals surface area contributed by atoms with Crippen LogP contribution in [0.15, 0.2) is 42.5 Å². The van der Waals surface area contributed by atoms with Crippen LogP contribution in [0.2, 0.25) is 0 Å². The van der Waals surface area contributed by atoms with E-state index in [4.69, 9.17) is 0 Å². The van der Waals surface area contributed by atoms with E-state index in [0.29, 0.717) is 6.54 Å². The van der Waals surface area contributed by atoms with Crippen molar-refractivity contribution in [3.8, 4) is 0 Å². The maximum atomic E-state index is 12.3. The molecular weight excluding hydrogens is 322 g/mol. The number of carbonyl (C=O) groups is 1. The van der Waals surface area contributed by atoms with Crippen LogP contribution in [0.4, 0.5) is 5.69 Å². The fourth-order valence-electron chi connectivity index (χ4n) is 3.40. The van der Waals surface area contributed by atoms with Crippen LogP contribution in [0.5, 0.6) is 0 Å². The highest BCUT2D eigenvalue weighted by molar-refractivity contribution is 5.92. The van der Waals surface area contributed by atoms with Crippen molar-refractivity contribution in [3.63, 3.8) is 0 Å². The van der Waals surface area contributed by atoms with Crippen molar-refractivity contribution in [1.82, 2.24) is 9.80 Å². The van der Waals surface area contributed by atoms with E-state index in [0.717, 1.165) is 38.4 Å². The average molecular weight is 351 g/mol. The topological polar surface area (TPSA) is 35.6 Å². The minimum atomic E-state index is 0.0698. The highest BCUT2D eigenvalue weighted by atomic mass is 16.2. The number of benzene rings is 2. The molecule has 138 valence electrons. The zero-order valence-corrected chi connectivity index (χ0v) is 16.1. The Balaban J connectivity index is 1.44. The first-order valence-corrected chi connectivity index (χ1v) is 9.37. The van der Waals surface area contributed by atoms with Gasteiger partial charge in [0.15, 0.2) is 0 Å². The Morgan fingerprint density at radius 3 is 2.35 bits per heavy atom. The van der Waals surface area contributed by atoms with Gasteiger partial charge < -0.3 is 5.32 Å². The lowest BCUT2D eigenvalue weighted by Crippen LogP contribution is -2.48. The Morgan fingerprint density at radius 1 is 0.923 bits per heavy atom. The molecule has 0 radical (unpaired) electrons. The highest BCUT2D eigenvalue weighted by Crippen LogP contribution is 2.14. The summed E-state index contributed by atoms with van der Waals surface area (Å²) in [6, 6.07) is 14.8. The quantitative estimate of drug-likeness (QED) is 0.897. The van der Waals surface area contributed by atoms with Crippen LogP contribution in [-0.2, 0) is 11.3 Å². The largest absolute Gasteiger partial charge is 0.325 e. The summed E-state index contributed by atoms with van der Waals surface area (Å²) in [6.45, 7) is 11.6. The molecule has 2 aromatic carbocycles. The maximum Gasteiger partial charge on any atom is 0.238 e. The molecule has 1 amide bonds. The van der Waals surface area contributed by atoms with Gasteiger partial charge in [-0.25, -0.2) is 0 Å². The fraction of sp³-hybridized carbons (Fsp3) is 0.409. The molecule has 3 rings (SSSR count). The number of nitrogens with zero attached hydrogens (tertiary/aromatic N) is 2. The first-order chi connectivity index (χ1) is 12.5. The lowest BCUT2D eigenvalue weighted by atomic mass is 10.1. The van der Waals surface area contributed by atoms with E-state index in [2.05, 4.69) is 66.2 Å². The van der Waals surface area contributed by atoms with Gasteiger partial charge in [-0.3, -0.25) is 14.6 Å². The van der Waals surface area contributed by atoms with Gasteiger partial charge in [0.1, 0.15) is 0 Å². The number of nitrogens with one attached hydrogen (secondary N) is 1. The summed E-state index contributed by atoms with van der Waals surface area (Å²) < 4.78 is 0. The van der Waals surface area contributed by atoms with Crippen molar-refractivity contribution in [1.29, 1.82) is 0 Å². The van der Waals surface area contributed by atoms with Crippen LogP contribution < -0.4 is 5.32 Å². The van der Waals surface area contributed by atoms with Gasteiger partial charge in [0.25, 0.3) is 0 Å². The predicted octanol–water partition coefficient (Wildman–Crippen LogP) is 3.37. The second-order valence-electron chi connectivity index (χ2n) is 7.39. The van der Waals surface area contributed by atoms with Crippen molar-refractivity contribution >= 4 is 11.6 Å². The van der Waals surface area contributed by atoms with Crippen LogP contribution in [0.25, 0.3) is 0 Å². The van der Waals surface area contributed by atoms with Crippen LogP contribution in [0.3, 0.4) is 0 Å². The molecule has 0 spiro atoms. The Morgan fingerprint density at radius 2 is 1.65 bits per heavy atom. The predicted molar refractivity (Wildman–Crippen MR) is 107 cm³/mol. The molecule has 1 aliphatic heterocycles. The number of amides is 1. The molecule has 4 heteroatoms. The summed E-state index contributed by atoms with van der Waals surface area (Å²) in [7, 11) is 0. The molecule has 1 heterocycles. The zero-order chi connectivity index (χ0) is 18.5. The Kier molecular flexibility index (Phi) is 6.07. The van der Waals surface area contributed by atoms with Crippen molar-refractivity contribution < 1.29 is 4.79 Å². The summed E-state index contributed by atoms with van der Waals surface area (Å²) >= 11 is 0. The van der Waals surface area contributed by atoms with Gasteiger partial charge in [-0.2, -0.15) is 0 Å². The fourth-order valence-corrected chi connectivity index (χ4v) is 3.40. The molecule has 0 saturated carbocycles. The summed E-state index contributed by atoms with van der Waals surface area (Å²) in [4.78, 5) is 17.0. The van der Waals surface area contributed by atoms with E-state index in [9.17, 15) is 4.79 Å². The molecule has 1 aliphatic rings. The van der Waals surface area contributed by atoms with E-state index >= 15 is 0 Å². The molecule has 0 aliphatic carbocycles. The summed E-state index contributed by atoms with van der Waals surface area (Å²) in [5.41, 5.74) is 6.01. The molecule has 4 nitrogen and oxygen atoms in total. The second kappa shape index (κ2) is 8.47. The summed E-state index contributed by atoms with van der Waals surface area (Å²) in [6.07, 6.45) is 0. The minimum Gasteiger partial charge on any atom is -0.325 e. The number of hydrogen-bond acceptors (Lipinski definition) is 3. The third-order valence-electron chi connectivity index (χ3n) is 5.11. The van der Waals surface area contributed by atoms with Crippen molar-refractivity contribution in [2.45, 2.75) is 27.3 Å². The van der Waals surface area contributed by atoms with Gasteiger partial charge in [-0.15, -0.1) is 0 Å². The van der Waals surface area contributed by atoms with E-state index in [1.165, 1.54) is 22.3 Å². The molecule has 0 atom stereocenters. The molecule has 1 N–H and O–H groups in total. The highest BCUT2D eigenvalue weighted by Gasteiger charge is 2.19. The van der Waals surface area contributed by atoms with Gasteiger partial charge in [0.2, 0.25) is 5.91 Å². The van der Waals surface area contributed by atoms with Gasteiger partial charge >= 0.3 is 0 Å². The monoisotopic (exact) mass is 351 g/mol. The van der Waals surface area contributed by atoms with E-state index < -0.39 is 0 Å². The first-order valence-electron chi connectivity index (χ1n) is 9.37. The first kappa shape index (κ1) is 18.6. The maximum absolute atomic E-state index is 12.3. The van der Waals surface area contributed by atoms with Gasteiger partial charge in [0.05, 0.1) is 6.54 Å². The zero-order valence-electron chi connectivity index (χ0n) is 16.1. The number of aryl methyl sites for hydroxylation is 3. The lowest BCUT2D eigenvalue weighted by Gasteiger charge is -2.34. The van der Waals surface area contributed by atoms with E-state index in [1.807, 2.05) is 12.1 Å². The molecule has 26 heavy (non-hydrogen) atoms. The number of piperazine rings is 1. The lowest BCUT2D eigenvalue weighted by molar-refractivity contribution is -0.117. The Hall–Kier alpha value is -2.17. The third kappa shape index (κ3) is 5.16. The third-order valence-corrected chi connectivity index (χ3v) is 5.11. The van der Waals surface area contributed by atoms with Gasteiger partial charge in [-0.05, 0) is 49.6 Å². The Bertz CT molecular complexity index is 764. The standard InChI is InChI=1S/C22H29N3O/c1-17-5-4-6-20(13-17)15-24-9-11-25(12-10-24)16-22(26)23-21-8-7-18(2)19(3)14-21/h4-8,13-14H,9-12,15-16H2,1-3H3,(H,23,26). The van der Waals surface area contributed by atoms with Crippen LogP contribution >= 0.6 is 0 Å². The van der Waals surface area contributed by atoms with Crippen LogP contribution in [0.1, 0.15) is 22.3 Å². The van der Waals surface area contributed by atoms with Crippen molar-refractivity contribution in [2.24, 2.45) is 0 Å². The molecule has 2 aromatic rings. The number of rotatable bonds is 5. The van der Waals surface area contributed by atoms with Crippen molar-refractivity contribution in [3.05, 3.63) is 64.7 Å². The number of hydrogen-bond donors (Lipinski definition) is 1. The molecule has 1 saturated heterocycles. The summed E-state index contributed by atoms with van der Waals surface area (Å²) in [5.74, 6) is 0.0698. The SMILES string of the molecule is Cc1cccc(CN2CCN(CC(=O)Nc3ccc(C)c(C)c3)CC2)c1. The minimum absolute atomic E-state index is 0.0698. The van der Waals surface area contributed by atoms with Crippen LogP contribution in [0, 0.1) is 20.8 Å². The van der Waals surface area contributed by atoms with E-state index in [-0.39, 0.29) is 5.91 Å².